The van der Waals surface area contributed by atoms with Crippen LogP contribution in [0.15, 0.2) is 36.7 Å². The standard InChI is InChI=1S/C20H27ClN4O3S/c1-16-22-9-12-23(16)13-14-25(29(2,27)28)18-7-10-24(11-8-18)20(26)15-17-5-3-4-6-19(17)21/h3-6,9,12,18H,7-8,10-11,13-15H2,1-2H3. The molecule has 158 valence electrons. The zero-order valence-corrected chi connectivity index (χ0v) is 18.4. The van der Waals surface area contributed by atoms with Gasteiger partial charge in [0.15, 0.2) is 0 Å². The summed E-state index contributed by atoms with van der Waals surface area (Å²) in [6, 6.07) is 7.25. The highest BCUT2D eigenvalue weighted by atomic mass is 35.5. The van der Waals surface area contributed by atoms with E-state index in [2.05, 4.69) is 4.98 Å². The summed E-state index contributed by atoms with van der Waals surface area (Å²) < 4.78 is 28.3. The molecule has 9 heteroatoms. The van der Waals surface area contributed by atoms with Gasteiger partial charge in [0.1, 0.15) is 5.82 Å². The van der Waals surface area contributed by atoms with Gasteiger partial charge in [0, 0.05) is 49.6 Å². The van der Waals surface area contributed by atoms with Crippen molar-refractivity contribution in [3.63, 3.8) is 0 Å². The third kappa shape index (κ3) is 5.58. The number of imidazole rings is 1. The smallest absolute Gasteiger partial charge is 0.227 e. The summed E-state index contributed by atoms with van der Waals surface area (Å²) in [6.45, 7) is 3.95. The summed E-state index contributed by atoms with van der Waals surface area (Å²) in [6.07, 6.45) is 6.34. The summed E-state index contributed by atoms with van der Waals surface area (Å²) in [5, 5.41) is 0.591. The van der Waals surface area contributed by atoms with Gasteiger partial charge < -0.3 is 9.47 Å². The molecule has 1 aliphatic rings. The maximum Gasteiger partial charge on any atom is 0.227 e. The number of sulfonamides is 1. The molecule has 0 bridgehead atoms. The minimum absolute atomic E-state index is 0.0245. The second-order valence-corrected chi connectivity index (χ2v) is 9.76. The van der Waals surface area contributed by atoms with Crippen molar-refractivity contribution in [3.05, 3.63) is 53.1 Å². The molecule has 2 aromatic rings. The molecule has 0 radical (unpaired) electrons. The van der Waals surface area contributed by atoms with Crippen LogP contribution in [0.1, 0.15) is 24.2 Å². The Balaban J connectivity index is 1.58. The zero-order chi connectivity index (χ0) is 21.0. The number of carbonyl (C=O) groups is 1. The molecule has 0 spiro atoms. The van der Waals surface area contributed by atoms with Gasteiger partial charge in [-0.15, -0.1) is 0 Å². The topological polar surface area (TPSA) is 75.5 Å². The number of amides is 1. The minimum Gasteiger partial charge on any atom is -0.342 e. The summed E-state index contributed by atoms with van der Waals surface area (Å²) >= 11 is 6.16. The van der Waals surface area contributed by atoms with Gasteiger partial charge in [-0.3, -0.25) is 4.79 Å². The SMILES string of the molecule is Cc1nccn1CCN(C1CCN(C(=O)Cc2ccccc2Cl)CC1)S(C)(=O)=O. The largest absolute Gasteiger partial charge is 0.342 e. The van der Waals surface area contributed by atoms with E-state index in [1.54, 1.807) is 21.5 Å². The number of rotatable bonds is 7. The van der Waals surface area contributed by atoms with E-state index in [0.717, 1.165) is 11.4 Å². The molecule has 1 aliphatic heterocycles. The van der Waals surface area contributed by atoms with Gasteiger partial charge >= 0.3 is 0 Å². The zero-order valence-electron chi connectivity index (χ0n) is 16.8. The summed E-state index contributed by atoms with van der Waals surface area (Å²) in [5.74, 6) is 0.884. The fraction of sp³-hybridized carbons (Fsp3) is 0.500. The Morgan fingerprint density at radius 1 is 1.28 bits per heavy atom. The summed E-state index contributed by atoms with van der Waals surface area (Å²) in [7, 11) is -3.34. The molecule has 1 aromatic carbocycles. The molecule has 0 atom stereocenters. The monoisotopic (exact) mass is 438 g/mol. The Labute approximate surface area is 177 Å². The van der Waals surface area contributed by atoms with Crippen LogP contribution in [0.25, 0.3) is 0 Å². The Bertz CT molecular complexity index is 952. The molecule has 0 aliphatic carbocycles. The van der Waals surface area contributed by atoms with Crippen LogP contribution >= 0.6 is 11.6 Å². The van der Waals surface area contributed by atoms with Gasteiger partial charge in [-0.1, -0.05) is 29.8 Å². The lowest BCUT2D eigenvalue weighted by Gasteiger charge is -2.37. The number of aromatic nitrogens is 2. The van der Waals surface area contributed by atoms with Crippen molar-refractivity contribution >= 4 is 27.5 Å². The number of halogens is 1. The molecule has 1 saturated heterocycles. The van der Waals surface area contributed by atoms with Crippen molar-refractivity contribution in [2.75, 3.05) is 25.9 Å². The Morgan fingerprint density at radius 3 is 2.55 bits per heavy atom. The van der Waals surface area contributed by atoms with Gasteiger partial charge in [0.2, 0.25) is 15.9 Å². The molecular formula is C20H27ClN4O3S. The first-order valence-corrected chi connectivity index (χ1v) is 11.9. The molecule has 2 heterocycles. The van der Waals surface area contributed by atoms with Crippen molar-refractivity contribution in [2.45, 2.75) is 38.8 Å². The van der Waals surface area contributed by atoms with Crippen LogP contribution in [0.4, 0.5) is 0 Å². The molecular weight excluding hydrogens is 412 g/mol. The van der Waals surface area contributed by atoms with Crippen LogP contribution < -0.4 is 0 Å². The van der Waals surface area contributed by atoms with Crippen molar-refractivity contribution in [2.24, 2.45) is 0 Å². The molecule has 1 fully saturated rings. The average molecular weight is 439 g/mol. The van der Waals surface area contributed by atoms with Gasteiger partial charge in [0.25, 0.3) is 0 Å². The fourth-order valence-corrected chi connectivity index (χ4v) is 5.15. The van der Waals surface area contributed by atoms with E-state index in [-0.39, 0.29) is 18.4 Å². The molecule has 0 saturated carbocycles. The number of nitrogens with zero attached hydrogens (tertiary/aromatic N) is 4. The van der Waals surface area contributed by atoms with Crippen molar-refractivity contribution in [3.8, 4) is 0 Å². The third-order valence-electron chi connectivity index (χ3n) is 5.43. The Kier molecular flexibility index (Phi) is 6.97. The fourth-order valence-electron chi connectivity index (χ4n) is 3.79. The molecule has 1 aromatic heterocycles. The van der Waals surface area contributed by atoms with Crippen molar-refractivity contribution < 1.29 is 13.2 Å². The predicted octanol–water partition coefficient (Wildman–Crippen LogP) is 2.34. The average Bonchev–Trinajstić information content (AvgIpc) is 3.08. The molecule has 29 heavy (non-hydrogen) atoms. The van der Waals surface area contributed by atoms with Crippen LogP contribution in [-0.4, -0.2) is 65.0 Å². The highest BCUT2D eigenvalue weighted by molar-refractivity contribution is 7.88. The number of hydrogen-bond donors (Lipinski definition) is 0. The van der Waals surface area contributed by atoms with Crippen LogP contribution in [0.2, 0.25) is 5.02 Å². The number of hydrogen-bond acceptors (Lipinski definition) is 4. The maximum absolute atomic E-state index is 12.6. The van der Waals surface area contributed by atoms with Crippen LogP contribution in [0, 0.1) is 6.92 Å². The van der Waals surface area contributed by atoms with E-state index in [1.165, 1.54) is 6.26 Å². The van der Waals surface area contributed by atoms with E-state index in [4.69, 9.17) is 11.6 Å². The lowest BCUT2D eigenvalue weighted by atomic mass is 10.0. The molecule has 1 amide bonds. The number of piperidine rings is 1. The second-order valence-electron chi connectivity index (χ2n) is 7.42. The lowest BCUT2D eigenvalue weighted by molar-refractivity contribution is -0.131. The molecule has 3 rings (SSSR count). The first-order chi connectivity index (χ1) is 13.8. The Morgan fingerprint density at radius 2 is 1.97 bits per heavy atom. The van der Waals surface area contributed by atoms with E-state index < -0.39 is 10.0 Å². The van der Waals surface area contributed by atoms with Crippen molar-refractivity contribution in [1.82, 2.24) is 18.8 Å². The number of benzene rings is 1. The maximum atomic E-state index is 12.6. The second kappa shape index (κ2) is 9.28. The van der Waals surface area contributed by atoms with E-state index in [0.29, 0.717) is 44.0 Å². The van der Waals surface area contributed by atoms with Gasteiger partial charge in [-0.2, -0.15) is 4.31 Å². The van der Waals surface area contributed by atoms with Gasteiger partial charge in [-0.25, -0.2) is 13.4 Å². The number of carbonyl (C=O) groups excluding carboxylic acids is 1. The summed E-state index contributed by atoms with van der Waals surface area (Å²) in [4.78, 5) is 18.6. The van der Waals surface area contributed by atoms with Gasteiger partial charge in [0.05, 0.1) is 12.7 Å². The predicted molar refractivity (Wildman–Crippen MR) is 113 cm³/mol. The lowest BCUT2D eigenvalue weighted by Crippen LogP contribution is -2.49. The van der Waals surface area contributed by atoms with E-state index >= 15 is 0 Å². The quantitative estimate of drug-likeness (QED) is 0.664. The van der Waals surface area contributed by atoms with Gasteiger partial charge in [-0.05, 0) is 31.4 Å². The molecule has 0 unspecified atom stereocenters. The van der Waals surface area contributed by atoms with Crippen molar-refractivity contribution in [1.29, 1.82) is 0 Å². The van der Waals surface area contributed by atoms with Crippen LogP contribution in [0.3, 0.4) is 0 Å². The number of likely N-dealkylation sites (tertiary alicyclic amines) is 1. The molecule has 7 nitrogen and oxygen atoms in total. The highest BCUT2D eigenvalue weighted by Gasteiger charge is 2.31. The first kappa shape index (κ1) is 21.8. The minimum atomic E-state index is -3.34. The first-order valence-electron chi connectivity index (χ1n) is 9.71. The van der Waals surface area contributed by atoms with E-state index in [9.17, 15) is 13.2 Å². The summed E-state index contributed by atoms with van der Waals surface area (Å²) in [5.41, 5.74) is 0.815. The third-order valence-corrected chi connectivity index (χ3v) is 7.14. The number of aryl methyl sites for hydroxylation is 1. The van der Waals surface area contributed by atoms with Crippen LogP contribution in [-0.2, 0) is 27.8 Å². The normalized spacial score (nSPS) is 15.8. The van der Waals surface area contributed by atoms with E-state index in [1.807, 2.05) is 35.9 Å². The Hall–Kier alpha value is -1.90. The van der Waals surface area contributed by atoms with Crippen LogP contribution in [0.5, 0.6) is 0 Å². The highest BCUT2D eigenvalue weighted by Crippen LogP contribution is 2.22. The molecule has 0 N–H and O–H groups in total.